The van der Waals surface area contributed by atoms with E-state index in [4.69, 9.17) is 0 Å². The Morgan fingerprint density at radius 1 is 1.42 bits per heavy atom. The molecule has 0 bridgehead atoms. The molecular formula is C17H20N4O2S. The van der Waals surface area contributed by atoms with E-state index in [9.17, 15) is 9.59 Å². The maximum absolute atomic E-state index is 12.0. The lowest BCUT2D eigenvalue weighted by Crippen LogP contribution is -2.30. The molecule has 0 saturated heterocycles. The van der Waals surface area contributed by atoms with Crippen molar-refractivity contribution in [3.63, 3.8) is 0 Å². The molecule has 0 fully saturated rings. The summed E-state index contributed by atoms with van der Waals surface area (Å²) >= 11 is 1.68. The van der Waals surface area contributed by atoms with Crippen LogP contribution in [0.1, 0.15) is 38.4 Å². The van der Waals surface area contributed by atoms with E-state index in [0.29, 0.717) is 30.8 Å². The Labute approximate surface area is 144 Å². The standard InChI is InChI=1S/C17H20N4O2S/c1-3-14-10(2)24-15(21-14)6-7-18-17(23)20-12-5-4-11-9-19-16(22)13(11)8-12/h4-5,8H,3,6-7,9H2,1-2H3,(H,19,22)(H2,18,20,23). The van der Waals surface area contributed by atoms with Crippen LogP contribution < -0.4 is 16.0 Å². The van der Waals surface area contributed by atoms with Crippen LogP contribution in [-0.4, -0.2) is 23.5 Å². The van der Waals surface area contributed by atoms with Crippen molar-refractivity contribution in [2.24, 2.45) is 0 Å². The topological polar surface area (TPSA) is 83.1 Å². The van der Waals surface area contributed by atoms with E-state index >= 15 is 0 Å². The first-order chi connectivity index (χ1) is 11.6. The van der Waals surface area contributed by atoms with Gasteiger partial charge in [-0.3, -0.25) is 4.79 Å². The maximum Gasteiger partial charge on any atom is 0.319 e. The van der Waals surface area contributed by atoms with E-state index in [1.807, 2.05) is 6.07 Å². The van der Waals surface area contributed by atoms with E-state index in [0.717, 1.165) is 22.7 Å². The quantitative estimate of drug-likeness (QED) is 0.780. The lowest BCUT2D eigenvalue weighted by molar-refractivity contribution is 0.0965. The number of nitrogens with zero attached hydrogens (tertiary/aromatic N) is 1. The number of rotatable bonds is 5. The fourth-order valence-corrected chi connectivity index (χ4v) is 3.69. The number of hydrogen-bond donors (Lipinski definition) is 3. The minimum Gasteiger partial charge on any atom is -0.348 e. The van der Waals surface area contributed by atoms with Gasteiger partial charge in [-0.15, -0.1) is 11.3 Å². The minimum atomic E-state index is -0.280. The Morgan fingerprint density at radius 3 is 3.00 bits per heavy atom. The third-order valence-corrected chi connectivity index (χ3v) is 5.02. The number of carbonyl (C=O) groups is 2. The van der Waals surface area contributed by atoms with Gasteiger partial charge in [0.25, 0.3) is 5.91 Å². The molecule has 0 saturated carbocycles. The van der Waals surface area contributed by atoms with Crippen LogP contribution in [0.2, 0.25) is 0 Å². The summed E-state index contributed by atoms with van der Waals surface area (Å²) in [6, 6.07) is 5.08. The number of aryl methyl sites for hydroxylation is 2. The van der Waals surface area contributed by atoms with E-state index < -0.39 is 0 Å². The van der Waals surface area contributed by atoms with Gasteiger partial charge < -0.3 is 16.0 Å². The largest absolute Gasteiger partial charge is 0.348 e. The molecule has 3 N–H and O–H groups in total. The minimum absolute atomic E-state index is 0.0973. The first-order valence-electron chi connectivity index (χ1n) is 7.98. The van der Waals surface area contributed by atoms with Gasteiger partial charge in [-0.2, -0.15) is 0 Å². The number of urea groups is 1. The molecule has 2 aromatic rings. The highest BCUT2D eigenvalue weighted by atomic mass is 32.1. The van der Waals surface area contributed by atoms with Crippen molar-refractivity contribution in [1.29, 1.82) is 0 Å². The van der Waals surface area contributed by atoms with E-state index in [1.54, 1.807) is 23.5 Å². The summed E-state index contributed by atoms with van der Waals surface area (Å²) in [5.74, 6) is -0.0973. The summed E-state index contributed by atoms with van der Waals surface area (Å²) in [5, 5.41) is 9.38. The number of thiazole rings is 1. The molecule has 6 nitrogen and oxygen atoms in total. The molecule has 7 heteroatoms. The third kappa shape index (κ3) is 3.56. The van der Waals surface area contributed by atoms with Gasteiger partial charge in [-0.05, 0) is 31.0 Å². The summed E-state index contributed by atoms with van der Waals surface area (Å²) in [7, 11) is 0. The van der Waals surface area contributed by atoms with Gasteiger partial charge in [0.1, 0.15) is 0 Å². The highest BCUT2D eigenvalue weighted by molar-refractivity contribution is 7.11. The Balaban J connectivity index is 1.51. The fraction of sp³-hybridized carbons (Fsp3) is 0.353. The van der Waals surface area contributed by atoms with E-state index in [1.165, 1.54) is 4.88 Å². The van der Waals surface area contributed by atoms with Crippen LogP contribution in [0.4, 0.5) is 10.5 Å². The van der Waals surface area contributed by atoms with Crippen molar-refractivity contribution in [2.45, 2.75) is 33.2 Å². The highest BCUT2D eigenvalue weighted by Crippen LogP contribution is 2.20. The number of aromatic nitrogens is 1. The zero-order valence-electron chi connectivity index (χ0n) is 13.7. The van der Waals surface area contributed by atoms with Crippen molar-refractivity contribution in [3.05, 3.63) is 44.9 Å². The SMILES string of the molecule is CCc1nc(CCNC(=O)Nc2ccc3c(c2)C(=O)NC3)sc1C. The molecule has 0 unspecified atom stereocenters. The molecule has 3 amide bonds. The molecule has 3 rings (SSSR count). The van der Waals surface area contributed by atoms with Crippen LogP contribution in [0.25, 0.3) is 0 Å². The molecule has 1 aromatic carbocycles. The normalized spacial score (nSPS) is 12.7. The molecule has 1 aliphatic rings. The number of carbonyl (C=O) groups excluding carboxylic acids is 2. The van der Waals surface area contributed by atoms with Crippen LogP contribution >= 0.6 is 11.3 Å². The zero-order chi connectivity index (χ0) is 17.1. The second-order valence-electron chi connectivity index (χ2n) is 5.65. The first kappa shape index (κ1) is 16.4. The molecule has 0 spiro atoms. The van der Waals surface area contributed by atoms with E-state index in [2.05, 4.69) is 34.8 Å². The number of nitrogens with one attached hydrogen (secondary N) is 3. The van der Waals surface area contributed by atoms with Crippen molar-refractivity contribution < 1.29 is 9.59 Å². The average molecular weight is 344 g/mol. The molecule has 1 aliphatic heterocycles. The van der Waals surface area contributed by atoms with Crippen LogP contribution in [0, 0.1) is 6.92 Å². The molecule has 0 aliphatic carbocycles. The summed E-state index contributed by atoms with van der Waals surface area (Å²) < 4.78 is 0. The lowest BCUT2D eigenvalue weighted by Gasteiger charge is -2.08. The van der Waals surface area contributed by atoms with Crippen LogP contribution in [0.3, 0.4) is 0 Å². The third-order valence-electron chi connectivity index (χ3n) is 3.95. The molecule has 1 aromatic heterocycles. The molecule has 24 heavy (non-hydrogen) atoms. The monoisotopic (exact) mass is 344 g/mol. The van der Waals surface area contributed by atoms with Crippen molar-refractivity contribution >= 4 is 29.0 Å². The fourth-order valence-electron chi connectivity index (χ4n) is 2.67. The number of fused-ring (bicyclic) bond motifs is 1. The molecular weight excluding hydrogens is 324 g/mol. The summed E-state index contributed by atoms with van der Waals surface area (Å²) in [6.45, 7) is 5.24. The summed E-state index contributed by atoms with van der Waals surface area (Å²) in [5.41, 5.74) is 3.33. The summed E-state index contributed by atoms with van der Waals surface area (Å²) in [4.78, 5) is 29.4. The number of benzene rings is 1. The van der Waals surface area contributed by atoms with Gasteiger partial charge in [0.15, 0.2) is 0 Å². The summed E-state index contributed by atoms with van der Waals surface area (Å²) in [6.07, 6.45) is 1.65. The van der Waals surface area contributed by atoms with Crippen molar-refractivity contribution in [2.75, 3.05) is 11.9 Å². The second-order valence-corrected chi connectivity index (χ2v) is 6.94. The predicted octanol–water partition coefficient (Wildman–Crippen LogP) is 2.62. The number of hydrogen-bond acceptors (Lipinski definition) is 4. The smallest absolute Gasteiger partial charge is 0.319 e. The van der Waals surface area contributed by atoms with E-state index in [-0.39, 0.29) is 11.9 Å². The maximum atomic E-state index is 12.0. The van der Waals surface area contributed by atoms with Gasteiger partial charge in [0.05, 0.1) is 10.7 Å². The molecule has 0 atom stereocenters. The van der Waals surface area contributed by atoms with Gasteiger partial charge in [-0.1, -0.05) is 13.0 Å². The second kappa shape index (κ2) is 7.00. The number of amides is 3. The Bertz CT molecular complexity index is 785. The average Bonchev–Trinajstić information content (AvgIpc) is 3.10. The van der Waals surface area contributed by atoms with Gasteiger partial charge in [-0.25, -0.2) is 9.78 Å². The molecule has 126 valence electrons. The van der Waals surface area contributed by atoms with Gasteiger partial charge in [0.2, 0.25) is 0 Å². The first-order valence-corrected chi connectivity index (χ1v) is 8.79. The predicted molar refractivity (Wildman–Crippen MR) is 94.6 cm³/mol. The Morgan fingerprint density at radius 2 is 2.25 bits per heavy atom. The van der Waals surface area contributed by atoms with Crippen molar-refractivity contribution in [3.8, 4) is 0 Å². The van der Waals surface area contributed by atoms with Crippen molar-refractivity contribution in [1.82, 2.24) is 15.6 Å². The zero-order valence-corrected chi connectivity index (χ0v) is 14.5. The van der Waals surface area contributed by atoms with Gasteiger partial charge in [0, 0.05) is 35.6 Å². The van der Waals surface area contributed by atoms with Crippen LogP contribution in [0.5, 0.6) is 0 Å². The molecule has 0 radical (unpaired) electrons. The Kier molecular flexibility index (Phi) is 4.80. The number of anilines is 1. The lowest BCUT2D eigenvalue weighted by atomic mass is 10.1. The van der Waals surface area contributed by atoms with Crippen LogP contribution in [0.15, 0.2) is 18.2 Å². The van der Waals surface area contributed by atoms with Crippen LogP contribution in [-0.2, 0) is 19.4 Å². The highest BCUT2D eigenvalue weighted by Gasteiger charge is 2.19. The Hall–Kier alpha value is -2.41. The van der Waals surface area contributed by atoms with Gasteiger partial charge >= 0.3 is 6.03 Å². The molecule has 2 heterocycles.